The fraction of sp³-hybridized carbons (Fsp3) is 0.130. The van der Waals surface area contributed by atoms with Crippen LogP contribution in [0.25, 0.3) is 0 Å². The Morgan fingerprint density at radius 1 is 0.912 bits per heavy atom. The van der Waals surface area contributed by atoms with Crippen molar-refractivity contribution in [3.8, 4) is 11.5 Å². The van der Waals surface area contributed by atoms with E-state index in [9.17, 15) is 23.1 Å². The topological polar surface area (TPSA) is 110 Å². The molecule has 11 heteroatoms. The molecule has 0 amide bonds. The van der Waals surface area contributed by atoms with Crippen molar-refractivity contribution in [1.82, 2.24) is 0 Å². The zero-order valence-electron chi connectivity index (χ0n) is 18.0. The van der Waals surface area contributed by atoms with E-state index in [2.05, 4.69) is 0 Å². The lowest BCUT2D eigenvalue weighted by atomic mass is 10.0. The van der Waals surface area contributed by atoms with Gasteiger partial charge in [-0.2, -0.15) is 0 Å². The molecule has 3 aromatic carbocycles. The quantitative estimate of drug-likeness (QED) is 0.410. The van der Waals surface area contributed by atoms with Crippen molar-refractivity contribution in [1.29, 1.82) is 0 Å². The number of halogens is 2. The van der Waals surface area contributed by atoms with Crippen LogP contribution in [0.15, 0.2) is 65.6 Å². The molecule has 3 aromatic rings. The van der Waals surface area contributed by atoms with E-state index in [1.807, 2.05) is 0 Å². The minimum Gasteiger partial charge on any atom is -0.493 e. The number of benzene rings is 3. The van der Waals surface area contributed by atoms with E-state index in [-0.39, 0.29) is 43.3 Å². The van der Waals surface area contributed by atoms with Crippen LogP contribution >= 0.6 is 23.2 Å². The van der Waals surface area contributed by atoms with Crippen LogP contribution in [0.2, 0.25) is 10.0 Å². The first-order chi connectivity index (χ1) is 16.1. The summed E-state index contributed by atoms with van der Waals surface area (Å²) in [6.07, 6.45) is 0. The number of carboxylic acid groups (broad SMARTS) is 1. The third-order valence-corrected chi connectivity index (χ3v) is 7.13. The molecule has 0 atom stereocenters. The summed E-state index contributed by atoms with van der Waals surface area (Å²) in [5, 5.41) is 9.80. The number of ether oxygens (including phenoxy) is 2. The Hall–Kier alpha value is -3.27. The van der Waals surface area contributed by atoms with E-state index >= 15 is 0 Å². The average Bonchev–Trinajstić information content (AvgIpc) is 2.81. The molecule has 0 bridgehead atoms. The zero-order valence-corrected chi connectivity index (χ0v) is 20.3. The zero-order chi connectivity index (χ0) is 25.0. The second-order valence-electron chi connectivity index (χ2n) is 6.89. The summed E-state index contributed by atoms with van der Waals surface area (Å²) in [6, 6.07) is 13.9. The molecule has 0 saturated heterocycles. The van der Waals surface area contributed by atoms with Crippen molar-refractivity contribution in [2.45, 2.75) is 4.90 Å². The van der Waals surface area contributed by atoms with Gasteiger partial charge < -0.3 is 14.6 Å². The highest BCUT2D eigenvalue weighted by Gasteiger charge is 2.32. The van der Waals surface area contributed by atoms with Gasteiger partial charge in [-0.15, -0.1) is 0 Å². The van der Waals surface area contributed by atoms with Crippen LogP contribution in [0.5, 0.6) is 11.5 Å². The Bertz CT molecular complexity index is 1360. The van der Waals surface area contributed by atoms with Crippen LogP contribution in [0.4, 0.5) is 5.69 Å². The predicted octanol–water partition coefficient (Wildman–Crippen LogP) is 4.52. The standard InChI is InChI=1S/C23H19Cl2NO7S/c1-32-20-10-8-15(12-21(20)33-2)34(30,31)26(13-22(27)28)19-9-7-14(24)11-17(19)23(29)16-5-3-4-6-18(16)25/h3-12H,13H2,1-2H3,(H,27,28). The molecule has 0 aliphatic rings. The number of hydrogen-bond acceptors (Lipinski definition) is 6. The van der Waals surface area contributed by atoms with Gasteiger partial charge in [0.25, 0.3) is 10.0 Å². The molecule has 0 fully saturated rings. The molecule has 178 valence electrons. The Morgan fingerprint density at radius 2 is 1.59 bits per heavy atom. The molecule has 34 heavy (non-hydrogen) atoms. The molecule has 0 spiro atoms. The monoisotopic (exact) mass is 523 g/mol. The van der Waals surface area contributed by atoms with Crippen LogP contribution in [0, 0.1) is 0 Å². The average molecular weight is 524 g/mol. The summed E-state index contributed by atoms with van der Waals surface area (Å²) in [6.45, 7) is -0.957. The Labute approximate surface area is 206 Å². The van der Waals surface area contributed by atoms with Crippen molar-refractivity contribution in [3.63, 3.8) is 0 Å². The predicted molar refractivity (Wildman–Crippen MR) is 128 cm³/mol. The number of carbonyl (C=O) groups is 2. The fourth-order valence-corrected chi connectivity index (χ4v) is 5.07. The SMILES string of the molecule is COc1ccc(S(=O)(=O)N(CC(=O)O)c2ccc(Cl)cc2C(=O)c2ccccc2Cl)cc1OC. The third kappa shape index (κ3) is 5.11. The van der Waals surface area contributed by atoms with Gasteiger partial charge in [0.1, 0.15) is 6.54 Å². The van der Waals surface area contributed by atoms with Crippen molar-refractivity contribution in [3.05, 3.63) is 81.8 Å². The lowest BCUT2D eigenvalue weighted by Crippen LogP contribution is -2.36. The fourth-order valence-electron chi connectivity index (χ4n) is 3.22. The summed E-state index contributed by atoms with van der Waals surface area (Å²) in [5.74, 6) is -1.65. The second-order valence-corrected chi connectivity index (χ2v) is 9.60. The number of methoxy groups -OCH3 is 2. The highest BCUT2D eigenvalue weighted by Crippen LogP contribution is 2.35. The normalized spacial score (nSPS) is 11.1. The molecule has 0 heterocycles. The molecule has 0 unspecified atom stereocenters. The van der Waals surface area contributed by atoms with E-state index in [0.717, 1.165) is 0 Å². The minimum atomic E-state index is -4.48. The number of carboxylic acids is 1. The van der Waals surface area contributed by atoms with E-state index in [1.165, 1.54) is 62.8 Å². The number of rotatable bonds is 9. The number of nitrogens with zero attached hydrogens (tertiary/aromatic N) is 1. The number of ketones is 1. The summed E-state index contributed by atoms with van der Waals surface area (Å²) in [4.78, 5) is 24.7. The highest BCUT2D eigenvalue weighted by molar-refractivity contribution is 7.92. The van der Waals surface area contributed by atoms with Gasteiger partial charge in [-0.3, -0.25) is 13.9 Å². The van der Waals surface area contributed by atoms with Crippen LogP contribution in [0.1, 0.15) is 15.9 Å². The maximum atomic E-state index is 13.6. The van der Waals surface area contributed by atoms with E-state index in [0.29, 0.717) is 4.31 Å². The lowest BCUT2D eigenvalue weighted by Gasteiger charge is -2.25. The Kier molecular flexibility index (Phi) is 7.71. The van der Waals surface area contributed by atoms with Crippen molar-refractivity contribution in [2.75, 3.05) is 25.1 Å². The molecule has 3 rings (SSSR count). The molecular formula is C23H19Cl2NO7S. The summed E-state index contributed by atoms with van der Waals surface area (Å²) in [7, 11) is -1.75. The number of hydrogen-bond donors (Lipinski definition) is 1. The van der Waals surface area contributed by atoms with Gasteiger partial charge in [-0.1, -0.05) is 35.3 Å². The largest absolute Gasteiger partial charge is 0.493 e. The van der Waals surface area contributed by atoms with E-state index in [1.54, 1.807) is 12.1 Å². The number of aliphatic carboxylic acids is 1. The van der Waals surface area contributed by atoms with Gasteiger partial charge in [0.15, 0.2) is 17.3 Å². The van der Waals surface area contributed by atoms with Gasteiger partial charge in [-0.05, 0) is 42.5 Å². The van der Waals surface area contributed by atoms with Crippen LogP contribution in [-0.4, -0.2) is 46.0 Å². The molecule has 1 N–H and O–H groups in total. The molecule has 0 saturated carbocycles. The van der Waals surface area contributed by atoms with Crippen LogP contribution < -0.4 is 13.8 Å². The third-order valence-electron chi connectivity index (χ3n) is 4.81. The molecule has 0 radical (unpaired) electrons. The van der Waals surface area contributed by atoms with Gasteiger partial charge in [0, 0.05) is 22.2 Å². The second kappa shape index (κ2) is 10.3. The maximum Gasteiger partial charge on any atom is 0.324 e. The van der Waals surface area contributed by atoms with Gasteiger partial charge in [0.05, 0.1) is 29.8 Å². The number of sulfonamides is 1. The van der Waals surface area contributed by atoms with Crippen LogP contribution in [0.3, 0.4) is 0 Å². The summed E-state index contributed by atoms with van der Waals surface area (Å²) in [5.41, 5.74) is -0.205. The lowest BCUT2D eigenvalue weighted by molar-refractivity contribution is -0.135. The first-order valence-corrected chi connectivity index (χ1v) is 11.8. The van der Waals surface area contributed by atoms with Crippen molar-refractivity contribution in [2.24, 2.45) is 0 Å². The summed E-state index contributed by atoms with van der Waals surface area (Å²) < 4.78 is 38.1. The van der Waals surface area contributed by atoms with E-state index in [4.69, 9.17) is 32.7 Å². The molecule has 0 aliphatic heterocycles. The highest BCUT2D eigenvalue weighted by atomic mass is 35.5. The van der Waals surface area contributed by atoms with Crippen molar-refractivity contribution < 1.29 is 32.6 Å². The van der Waals surface area contributed by atoms with Gasteiger partial charge in [-0.25, -0.2) is 8.42 Å². The summed E-state index contributed by atoms with van der Waals surface area (Å²) >= 11 is 12.3. The van der Waals surface area contributed by atoms with E-state index < -0.39 is 28.3 Å². The number of anilines is 1. The first-order valence-electron chi connectivity index (χ1n) is 9.65. The Morgan fingerprint density at radius 3 is 2.21 bits per heavy atom. The minimum absolute atomic E-state index is 0.103. The molecule has 0 aliphatic carbocycles. The molecule has 8 nitrogen and oxygen atoms in total. The van der Waals surface area contributed by atoms with Crippen LogP contribution in [-0.2, 0) is 14.8 Å². The maximum absolute atomic E-state index is 13.6. The Balaban J connectivity index is 2.22. The first kappa shape index (κ1) is 25.4. The smallest absolute Gasteiger partial charge is 0.324 e. The van der Waals surface area contributed by atoms with Gasteiger partial charge in [0.2, 0.25) is 0 Å². The molecular weight excluding hydrogens is 505 g/mol. The molecule has 0 aromatic heterocycles. The van der Waals surface area contributed by atoms with Crippen molar-refractivity contribution >= 4 is 50.7 Å². The van der Waals surface area contributed by atoms with Gasteiger partial charge >= 0.3 is 5.97 Å². The number of carbonyl (C=O) groups excluding carboxylic acids is 1.